The van der Waals surface area contributed by atoms with Crippen LogP contribution in [0.15, 0.2) is 42.5 Å². The maximum absolute atomic E-state index is 12.7. The maximum atomic E-state index is 12.7. The number of nitrogens with zero attached hydrogens (tertiary/aromatic N) is 1. The fourth-order valence-corrected chi connectivity index (χ4v) is 2.29. The van der Waals surface area contributed by atoms with E-state index < -0.39 is 0 Å². The summed E-state index contributed by atoms with van der Waals surface area (Å²) < 4.78 is 0. The minimum atomic E-state index is -0.0528. The Balaban J connectivity index is 2.45. The number of benzene rings is 2. The van der Waals surface area contributed by atoms with Crippen LogP contribution in [0.2, 0.25) is 0 Å². The van der Waals surface area contributed by atoms with Gasteiger partial charge >= 0.3 is 0 Å². The first-order valence-electron chi connectivity index (χ1n) is 6.78. The molecular weight excluding hydrogens is 248 g/mol. The monoisotopic (exact) mass is 268 g/mol. The number of nitrogen functional groups attached to an aromatic ring is 1. The van der Waals surface area contributed by atoms with Gasteiger partial charge in [-0.15, -0.1) is 0 Å². The highest BCUT2D eigenvalue weighted by Crippen LogP contribution is 2.23. The van der Waals surface area contributed by atoms with E-state index in [-0.39, 0.29) is 5.91 Å². The quantitative estimate of drug-likeness (QED) is 0.865. The number of amides is 1. The van der Waals surface area contributed by atoms with Crippen molar-refractivity contribution >= 4 is 17.3 Å². The topological polar surface area (TPSA) is 46.3 Å². The molecule has 0 spiro atoms. The fourth-order valence-electron chi connectivity index (χ4n) is 2.29. The van der Waals surface area contributed by atoms with Gasteiger partial charge in [-0.2, -0.15) is 0 Å². The summed E-state index contributed by atoms with van der Waals surface area (Å²) in [7, 11) is 0. The Morgan fingerprint density at radius 1 is 1.15 bits per heavy atom. The molecule has 0 radical (unpaired) electrons. The van der Waals surface area contributed by atoms with Gasteiger partial charge in [-0.3, -0.25) is 4.79 Å². The first kappa shape index (κ1) is 14.1. The molecule has 2 N–H and O–H groups in total. The SMILES string of the molecule is CCN(C(=O)c1cc(C)ccc1N)c1ccccc1C. The van der Waals surface area contributed by atoms with E-state index in [1.165, 1.54) is 0 Å². The molecule has 0 aliphatic heterocycles. The zero-order chi connectivity index (χ0) is 14.7. The van der Waals surface area contributed by atoms with Gasteiger partial charge in [0.25, 0.3) is 5.91 Å². The molecule has 1 amide bonds. The van der Waals surface area contributed by atoms with Crippen LogP contribution < -0.4 is 10.6 Å². The summed E-state index contributed by atoms with van der Waals surface area (Å²) in [6.07, 6.45) is 0. The van der Waals surface area contributed by atoms with E-state index in [9.17, 15) is 4.79 Å². The van der Waals surface area contributed by atoms with Gasteiger partial charge in [0.15, 0.2) is 0 Å². The molecule has 0 unspecified atom stereocenters. The highest BCUT2D eigenvalue weighted by atomic mass is 16.2. The molecule has 0 saturated heterocycles. The molecule has 3 nitrogen and oxygen atoms in total. The van der Waals surface area contributed by atoms with Crippen molar-refractivity contribution in [1.82, 2.24) is 0 Å². The first-order chi connectivity index (χ1) is 9.54. The summed E-state index contributed by atoms with van der Waals surface area (Å²) in [6.45, 7) is 6.54. The smallest absolute Gasteiger partial charge is 0.260 e. The average molecular weight is 268 g/mol. The molecule has 0 atom stereocenters. The molecular formula is C17H20N2O. The van der Waals surface area contributed by atoms with Gasteiger partial charge in [-0.05, 0) is 44.5 Å². The van der Waals surface area contributed by atoms with Crippen LogP contribution in [0.3, 0.4) is 0 Å². The van der Waals surface area contributed by atoms with E-state index in [2.05, 4.69) is 0 Å². The second-order valence-corrected chi connectivity index (χ2v) is 4.93. The second kappa shape index (κ2) is 5.78. The molecule has 20 heavy (non-hydrogen) atoms. The predicted octanol–water partition coefficient (Wildman–Crippen LogP) is 3.55. The summed E-state index contributed by atoms with van der Waals surface area (Å²) in [6, 6.07) is 13.4. The van der Waals surface area contributed by atoms with Crippen molar-refractivity contribution in [3.63, 3.8) is 0 Å². The van der Waals surface area contributed by atoms with Crippen LogP contribution >= 0.6 is 0 Å². The van der Waals surface area contributed by atoms with E-state index in [1.807, 2.05) is 57.2 Å². The summed E-state index contributed by atoms with van der Waals surface area (Å²) in [4.78, 5) is 14.5. The van der Waals surface area contributed by atoms with Crippen molar-refractivity contribution < 1.29 is 4.79 Å². The fraction of sp³-hybridized carbons (Fsp3) is 0.235. The largest absolute Gasteiger partial charge is 0.398 e. The summed E-state index contributed by atoms with van der Waals surface area (Å²) in [5, 5.41) is 0. The number of aryl methyl sites for hydroxylation is 2. The van der Waals surface area contributed by atoms with E-state index in [0.717, 1.165) is 16.8 Å². The van der Waals surface area contributed by atoms with E-state index in [4.69, 9.17) is 5.73 Å². The normalized spacial score (nSPS) is 10.3. The van der Waals surface area contributed by atoms with Crippen molar-refractivity contribution in [3.8, 4) is 0 Å². The summed E-state index contributed by atoms with van der Waals surface area (Å²) in [5.41, 5.74) is 10.1. The Morgan fingerprint density at radius 2 is 1.85 bits per heavy atom. The summed E-state index contributed by atoms with van der Waals surface area (Å²) >= 11 is 0. The van der Waals surface area contributed by atoms with Crippen molar-refractivity contribution in [2.45, 2.75) is 20.8 Å². The third-order valence-electron chi connectivity index (χ3n) is 3.41. The van der Waals surface area contributed by atoms with Gasteiger partial charge in [-0.1, -0.05) is 29.8 Å². The lowest BCUT2D eigenvalue weighted by molar-refractivity contribution is 0.0989. The second-order valence-electron chi connectivity index (χ2n) is 4.93. The average Bonchev–Trinajstić information content (AvgIpc) is 2.44. The minimum Gasteiger partial charge on any atom is -0.398 e. The molecule has 0 aliphatic carbocycles. The van der Waals surface area contributed by atoms with E-state index >= 15 is 0 Å². The van der Waals surface area contributed by atoms with Crippen LogP contribution in [0.4, 0.5) is 11.4 Å². The maximum Gasteiger partial charge on any atom is 0.260 e. The molecule has 0 fully saturated rings. The Morgan fingerprint density at radius 3 is 2.50 bits per heavy atom. The van der Waals surface area contributed by atoms with Gasteiger partial charge in [0.05, 0.1) is 5.56 Å². The van der Waals surface area contributed by atoms with Crippen LogP contribution in [0, 0.1) is 13.8 Å². The number of carbonyl (C=O) groups excluding carboxylic acids is 1. The summed E-state index contributed by atoms with van der Waals surface area (Å²) in [5.74, 6) is -0.0528. The Bertz CT molecular complexity index is 635. The lowest BCUT2D eigenvalue weighted by Crippen LogP contribution is -2.31. The zero-order valence-corrected chi connectivity index (χ0v) is 12.2. The molecule has 2 aromatic carbocycles. The molecule has 0 bridgehead atoms. The van der Waals surface area contributed by atoms with E-state index in [0.29, 0.717) is 17.8 Å². The third-order valence-corrected chi connectivity index (χ3v) is 3.41. The van der Waals surface area contributed by atoms with Crippen LogP contribution in [-0.4, -0.2) is 12.5 Å². The third kappa shape index (κ3) is 2.67. The van der Waals surface area contributed by atoms with Crippen LogP contribution in [0.5, 0.6) is 0 Å². The van der Waals surface area contributed by atoms with Crippen LogP contribution in [0.1, 0.15) is 28.4 Å². The van der Waals surface area contributed by atoms with Crippen molar-refractivity contribution in [2.24, 2.45) is 0 Å². The standard InChI is InChI=1S/C17H20N2O/c1-4-19(16-8-6-5-7-13(16)3)17(20)14-11-12(2)9-10-15(14)18/h5-11H,4,18H2,1-3H3. The predicted molar refractivity (Wildman–Crippen MR) is 84.1 cm³/mol. The van der Waals surface area contributed by atoms with Gasteiger partial charge in [0.2, 0.25) is 0 Å². The zero-order valence-electron chi connectivity index (χ0n) is 12.2. The van der Waals surface area contributed by atoms with Crippen molar-refractivity contribution in [3.05, 3.63) is 59.2 Å². The van der Waals surface area contributed by atoms with Crippen molar-refractivity contribution in [2.75, 3.05) is 17.2 Å². The minimum absolute atomic E-state index is 0.0528. The first-order valence-corrected chi connectivity index (χ1v) is 6.78. The lowest BCUT2D eigenvalue weighted by atomic mass is 10.1. The number of hydrogen-bond donors (Lipinski definition) is 1. The Kier molecular flexibility index (Phi) is 4.08. The number of para-hydroxylation sites is 1. The van der Waals surface area contributed by atoms with Gasteiger partial charge in [-0.25, -0.2) is 0 Å². The number of carbonyl (C=O) groups is 1. The van der Waals surface area contributed by atoms with Crippen LogP contribution in [0.25, 0.3) is 0 Å². The molecule has 2 aromatic rings. The molecule has 0 heterocycles. The van der Waals surface area contributed by atoms with Gasteiger partial charge in [0, 0.05) is 17.9 Å². The molecule has 0 saturated carbocycles. The Hall–Kier alpha value is -2.29. The molecule has 104 valence electrons. The van der Waals surface area contributed by atoms with Crippen LogP contribution in [-0.2, 0) is 0 Å². The molecule has 2 rings (SSSR count). The number of anilines is 2. The lowest BCUT2D eigenvalue weighted by Gasteiger charge is -2.23. The van der Waals surface area contributed by atoms with Gasteiger partial charge in [0.1, 0.15) is 0 Å². The number of nitrogens with two attached hydrogens (primary N) is 1. The van der Waals surface area contributed by atoms with Crippen molar-refractivity contribution in [1.29, 1.82) is 0 Å². The number of rotatable bonds is 3. The van der Waals surface area contributed by atoms with Gasteiger partial charge < -0.3 is 10.6 Å². The highest BCUT2D eigenvalue weighted by Gasteiger charge is 2.19. The molecule has 0 aliphatic rings. The highest BCUT2D eigenvalue weighted by molar-refractivity contribution is 6.09. The molecule has 3 heteroatoms. The Labute approximate surface area is 120 Å². The number of hydrogen-bond acceptors (Lipinski definition) is 2. The van der Waals surface area contributed by atoms with E-state index in [1.54, 1.807) is 11.0 Å². The molecule has 0 aromatic heterocycles.